The molecule has 0 aromatic heterocycles. The van der Waals surface area contributed by atoms with Crippen LogP contribution in [0.1, 0.15) is 71.1 Å². The average Bonchev–Trinajstić information content (AvgIpc) is 2.97. The van der Waals surface area contributed by atoms with E-state index in [9.17, 15) is 13.6 Å². The molecular weight excluding hydrogens is 338 g/mol. The van der Waals surface area contributed by atoms with E-state index in [0.717, 1.165) is 56.6 Å². The van der Waals surface area contributed by atoms with Crippen LogP contribution in [0.3, 0.4) is 0 Å². The van der Waals surface area contributed by atoms with Gasteiger partial charge in [0.1, 0.15) is 6.04 Å². The topological polar surface area (TPSA) is 53.3 Å². The van der Waals surface area contributed by atoms with Gasteiger partial charge in [-0.15, -0.1) is 0 Å². The van der Waals surface area contributed by atoms with Crippen LogP contribution in [0.25, 0.3) is 0 Å². The third-order valence-corrected chi connectivity index (χ3v) is 7.28. The Hall–Kier alpha value is -1.22. The first-order valence-electron chi connectivity index (χ1n) is 9.97. The van der Waals surface area contributed by atoms with Crippen molar-refractivity contribution in [2.24, 2.45) is 10.8 Å². The van der Waals surface area contributed by atoms with Gasteiger partial charge in [0.25, 0.3) is 5.92 Å². The first-order chi connectivity index (χ1) is 12.3. The normalized spacial score (nSPS) is 29.5. The molecule has 0 radical (unpaired) electrons. The number of carbonyl (C=O) groups is 1. The quantitative estimate of drug-likeness (QED) is 0.744. The zero-order valence-electron chi connectivity index (χ0n) is 15.7. The number of hydrogen-bond acceptors (Lipinski definition) is 3. The molecule has 1 atom stereocenters. The van der Waals surface area contributed by atoms with Crippen LogP contribution < -0.4 is 0 Å². The lowest BCUT2D eigenvalue weighted by atomic mass is 9.59. The summed E-state index contributed by atoms with van der Waals surface area (Å²) >= 11 is 0. The van der Waals surface area contributed by atoms with E-state index in [2.05, 4.69) is 6.92 Å². The molecule has 3 aliphatic rings. The first kappa shape index (κ1) is 19.5. The third kappa shape index (κ3) is 4.03. The molecule has 146 valence electrons. The molecule has 2 aliphatic heterocycles. The van der Waals surface area contributed by atoms with Crippen LogP contribution in [0, 0.1) is 22.2 Å². The van der Waals surface area contributed by atoms with E-state index >= 15 is 0 Å². The fourth-order valence-corrected chi connectivity index (χ4v) is 5.11. The first-order valence-corrected chi connectivity index (χ1v) is 9.97. The molecule has 26 heavy (non-hydrogen) atoms. The Kier molecular flexibility index (Phi) is 5.58. The minimum Gasteiger partial charge on any atom is -0.381 e. The van der Waals surface area contributed by atoms with Crippen molar-refractivity contribution >= 4 is 5.91 Å². The maximum absolute atomic E-state index is 13.6. The highest BCUT2D eigenvalue weighted by atomic mass is 19.3. The maximum Gasteiger partial charge on any atom is 0.268 e. The number of alkyl halides is 2. The lowest BCUT2D eigenvalue weighted by Crippen LogP contribution is -2.40. The molecule has 1 saturated carbocycles. The molecule has 2 saturated heterocycles. The number of amides is 1. The van der Waals surface area contributed by atoms with Gasteiger partial charge in [-0.05, 0) is 55.8 Å². The van der Waals surface area contributed by atoms with Crippen LogP contribution in [0.5, 0.6) is 0 Å². The molecule has 0 aromatic rings. The Bertz CT molecular complexity index is 557. The van der Waals surface area contributed by atoms with Crippen LogP contribution in [-0.2, 0) is 9.53 Å². The lowest BCUT2D eigenvalue weighted by molar-refractivity contribution is -0.133. The fraction of sp³-hybridized carbons (Fsp3) is 0.900. The minimum atomic E-state index is -2.93. The molecule has 0 bridgehead atoms. The Balaban J connectivity index is 1.56. The Morgan fingerprint density at radius 3 is 2.42 bits per heavy atom. The van der Waals surface area contributed by atoms with Gasteiger partial charge in [0, 0.05) is 26.1 Å². The van der Waals surface area contributed by atoms with Gasteiger partial charge in [0.15, 0.2) is 0 Å². The van der Waals surface area contributed by atoms with Gasteiger partial charge in [-0.2, -0.15) is 5.26 Å². The van der Waals surface area contributed by atoms with E-state index in [1.54, 1.807) is 0 Å². The Morgan fingerprint density at radius 2 is 1.85 bits per heavy atom. The molecule has 1 amide bonds. The van der Waals surface area contributed by atoms with Crippen molar-refractivity contribution in [1.82, 2.24) is 4.90 Å². The van der Waals surface area contributed by atoms with Gasteiger partial charge in [0.05, 0.1) is 12.6 Å². The van der Waals surface area contributed by atoms with Crippen molar-refractivity contribution in [2.75, 3.05) is 19.8 Å². The van der Waals surface area contributed by atoms with Crippen molar-refractivity contribution < 1.29 is 18.3 Å². The molecule has 6 heteroatoms. The predicted molar refractivity (Wildman–Crippen MR) is 93.6 cm³/mol. The number of likely N-dealkylation sites (tertiary alicyclic amines) is 1. The average molecular weight is 368 g/mol. The zero-order valence-corrected chi connectivity index (χ0v) is 15.7. The molecule has 4 nitrogen and oxygen atoms in total. The molecule has 0 N–H and O–H groups in total. The van der Waals surface area contributed by atoms with Crippen molar-refractivity contribution in [3.8, 4) is 6.07 Å². The summed E-state index contributed by atoms with van der Waals surface area (Å²) in [5, 5.41) is 9.08. The molecule has 1 unspecified atom stereocenters. The molecule has 1 spiro atoms. The summed E-state index contributed by atoms with van der Waals surface area (Å²) in [5.41, 5.74) is 0.563. The van der Waals surface area contributed by atoms with Crippen LogP contribution in [0.4, 0.5) is 8.78 Å². The van der Waals surface area contributed by atoms with Crippen LogP contribution in [0.2, 0.25) is 0 Å². The van der Waals surface area contributed by atoms with E-state index in [-0.39, 0.29) is 17.7 Å². The predicted octanol–water partition coefficient (Wildman–Crippen LogP) is 4.29. The van der Waals surface area contributed by atoms with E-state index in [4.69, 9.17) is 10.00 Å². The number of halogens is 2. The minimum absolute atomic E-state index is 0.142. The second-order valence-electron chi connectivity index (χ2n) is 8.69. The van der Waals surface area contributed by atoms with Crippen molar-refractivity contribution in [3.63, 3.8) is 0 Å². The second-order valence-corrected chi connectivity index (χ2v) is 8.69. The third-order valence-electron chi connectivity index (χ3n) is 7.28. The standard InChI is InChI=1S/C20H30F2N2O2/c1-2-18(5-7-19(8-6-18)9-11-26-12-10-19)4-3-17(25)24-15-20(21,22)13-16(24)14-23/h16H,2-13,15H2,1H3. The molecular formula is C20H30F2N2O2. The van der Waals surface area contributed by atoms with E-state index < -0.39 is 24.9 Å². The smallest absolute Gasteiger partial charge is 0.268 e. The summed E-state index contributed by atoms with van der Waals surface area (Å²) in [5.74, 6) is -3.22. The summed E-state index contributed by atoms with van der Waals surface area (Å²) in [4.78, 5) is 13.6. The lowest BCUT2D eigenvalue weighted by Gasteiger charge is -2.48. The van der Waals surface area contributed by atoms with Gasteiger partial charge in [-0.25, -0.2) is 8.78 Å². The SMILES string of the molecule is CCC1(CCC(=O)N2CC(F)(F)CC2C#N)CCC2(CCOCC2)CC1. The van der Waals surface area contributed by atoms with Crippen LogP contribution >= 0.6 is 0 Å². The molecule has 2 heterocycles. The van der Waals surface area contributed by atoms with Gasteiger partial charge in [-0.1, -0.05) is 13.3 Å². The molecule has 3 rings (SSSR count). The highest BCUT2D eigenvalue weighted by molar-refractivity contribution is 5.77. The number of nitriles is 1. The number of rotatable bonds is 4. The highest BCUT2D eigenvalue weighted by Crippen LogP contribution is 2.53. The summed E-state index contributed by atoms with van der Waals surface area (Å²) in [6.45, 7) is 3.29. The van der Waals surface area contributed by atoms with Crippen molar-refractivity contribution in [2.45, 2.75) is 83.1 Å². The van der Waals surface area contributed by atoms with E-state index in [1.165, 1.54) is 12.8 Å². The van der Waals surface area contributed by atoms with E-state index in [1.807, 2.05) is 6.07 Å². The largest absolute Gasteiger partial charge is 0.381 e. The Morgan fingerprint density at radius 1 is 1.19 bits per heavy atom. The van der Waals surface area contributed by atoms with Crippen molar-refractivity contribution in [3.05, 3.63) is 0 Å². The Labute approximate surface area is 154 Å². The summed E-state index contributed by atoms with van der Waals surface area (Å²) in [6, 6.07) is 0.884. The molecule has 1 aliphatic carbocycles. The summed E-state index contributed by atoms with van der Waals surface area (Å²) in [7, 11) is 0. The van der Waals surface area contributed by atoms with Crippen LogP contribution in [0.15, 0.2) is 0 Å². The summed E-state index contributed by atoms with van der Waals surface area (Å²) < 4.78 is 32.7. The van der Waals surface area contributed by atoms with Gasteiger partial charge in [0.2, 0.25) is 5.91 Å². The summed E-state index contributed by atoms with van der Waals surface area (Å²) in [6.07, 6.45) is 8.36. The van der Waals surface area contributed by atoms with Crippen LogP contribution in [-0.4, -0.2) is 42.5 Å². The second kappa shape index (κ2) is 7.42. The van der Waals surface area contributed by atoms with Crippen molar-refractivity contribution in [1.29, 1.82) is 5.26 Å². The number of carbonyl (C=O) groups excluding carboxylic acids is 1. The zero-order chi connectivity index (χ0) is 18.8. The monoisotopic (exact) mass is 368 g/mol. The maximum atomic E-state index is 13.6. The number of hydrogen-bond donors (Lipinski definition) is 0. The van der Waals surface area contributed by atoms with Gasteiger partial charge < -0.3 is 9.64 Å². The van der Waals surface area contributed by atoms with Gasteiger partial charge >= 0.3 is 0 Å². The van der Waals surface area contributed by atoms with E-state index in [0.29, 0.717) is 5.41 Å². The molecule has 3 fully saturated rings. The fourth-order valence-electron chi connectivity index (χ4n) is 5.11. The highest BCUT2D eigenvalue weighted by Gasteiger charge is 2.48. The molecule has 0 aromatic carbocycles. The van der Waals surface area contributed by atoms with Gasteiger partial charge in [-0.3, -0.25) is 4.79 Å². The number of ether oxygens (including phenoxy) is 1. The number of nitrogens with zero attached hydrogens (tertiary/aromatic N) is 2.